The predicted octanol–water partition coefficient (Wildman–Crippen LogP) is 14.6. The Morgan fingerprint density at radius 3 is 1.40 bits per heavy atom. The number of benzene rings is 8. The van der Waals surface area contributed by atoms with Crippen LogP contribution in [0.15, 0.2) is 160 Å². The molecule has 58 heavy (non-hydrogen) atoms. The Morgan fingerprint density at radius 1 is 0.414 bits per heavy atom. The quantitative estimate of drug-likeness (QED) is 0.168. The van der Waals surface area contributed by atoms with Crippen molar-refractivity contribution in [2.75, 3.05) is 0 Å². The maximum atomic E-state index is 16.1. The van der Waals surface area contributed by atoms with E-state index in [0.717, 1.165) is 56.6 Å². The zero-order valence-electron chi connectivity index (χ0n) is 30.0. The third-order valence-corrected chi connectivity index (χ3v) is 11.4. The number of nitrogens with zero attached hydrogens (tertiary/aromatic N) is 2. The van der Waals surface area contributed by atoms with Crippen LogP contribution in [0.5, 0.6) is 0 Å². The average molecular weight is 769 g/mol. The van der Waals surface area contributed by atoms with Crippen molar-refractivity contribution in [3.63, 3.8) is 0 Å². The molecule has 0 aliphatic carbocycles. The van der Waals surface area contributed by atoms with E-state index in [1.807, 2.05) is 109 Å². The number of aromatic nitrogens is 2. The van der Waals surface area contributed by atoms with Gasteiger partial charge in [0.2, 0.25) is 0 Å². The lowest BCUT2D eigenvalue weighted by Gasteiger charge is -2.22. The zero-order chi connectivity index (χ0) is 39.0. The van der Waals surface area contributed by atoms with Crippen molar-refractivity contribution < 1.29 is 30.8 Å². The van der Waals surface area contributed by atoms with Gasteiger partial charge in [-0.2, -0.15) is 13.2 Å². The molecule has 9 heteroatoms. The standard InChI is InChI=1S/C49H25F5N2O2/c50-27-21-26(22-28(51)23-27)35-24-40(56-38-14-6-2-10-30(38)32-18-20-44-46(48(32)56)34-12-4-8-16-42(34)58-44)36(49(52,53)54)25-39(35)55-37-13-5-1-9-29(37)31-17-19-43-45(47(31)55)33-11-3-7-15-41(33)57-43/h1-25H. The summed E-state index contributed by atoms with van der Waals surface area (Å²) in [5, 5.41) is 5.90. The minimum atomic E-state index is -4.89. The Bertz CT molecular complexity index is 3690. The summed E-state index contributed by atoms with van der Waals surface area (Å²) in [5.41, 5.74) is 3.70. The van der Waals surface area contributed by atoms with Crippen molar-refractivity contribution >= 4 is 87.5 Å². The number of para-hydroxylation sites is 4. The van der Waals surface area contributed by atoms with E-state index < -0.39 is 23.4 Å². The highest BCUT2D eigenvalue weighted by molar-refractivity contribution is 6.26. The van der Waals surface area contributed by atoms with Gasteiger partial charge >= 0.3 is 6.18 Å². The Balaban J connectivity index is 1.31. The summed E-state index contributed by atoms with van der Waals surface area (Å²) in [6.07, 6.45) is -4.89. The molecule has 0 spiro atoms. The van der Waals surface area contributed by atoms with E-state index in [-0.39, 0.29) is 22.5 Å². The second kappa shape index (κ2) is 11.6. The molecule has 0 amide bonds. The summed E-state index contributed by atoms with van der Waals surface area (Å²) in [4.78, 5) is 0. The summed E-state index contributed by atoms with van der Waals surface area (Å²) in [5.74, 6) is -1.73. The SMILES string of the molecule is Fc1cc(F)cc(-c2cc(-n3c4ccccc4c4ccc5oc6ccccc6c5c43)c(C(F)(F)F)cc2-n2c3ccccc3c3ccc4oc5ccccc5c4c32)c1. The van der Waals surface area contributed by atoms with Crippen LogP contribution < -0.4 is 0 Å². The fraction of sp³-hybridized carbons (Fsp3) is 0.0204. The highest BCUT2D eigenvalue weighted by atomic mass is 19.4. The predicted molar refractivity (Wildman–Crippen MR) is 220 cm³/mol. The van der Waals surface area contributed by atoms with Crippen molar-refractivity contribution in [2.24, 2.45) is 0 Å². The van der Waals surface area contributed by atoms with Crippen LogP contribution >= 0.6 is 0 Å². The first-order valence-electron chi connectivity index (χ1n) is 18.6. The van der Waals surface area contributed by atoms with Crippen LogP contribution in [0.25, 0.3) is 110 Å². The van der Waals surface area contributed by atoms with E-state index in [4.69, 9.17) is 8.83 Å². The molecule has 0 radical (unpaired) electrons. The molecule has 0 unspecified atom stereocenters. The van der Waals surface area contributed by atoms with Gasteiger partial charge in [0.25, 0.3) is 0 Å². The van der Waals surface area contributed by atoms with E-state index in [0.29, 0.717) is 55.2 Å². The van der Waals surface area contributed by atoms with Gasteiger partial charge in [0, 0.05) is 43.9 Å². The van der Waals surface area contributed by atoms with Gasteiger partial charge in [-0.3, -0.25) is 0 Å². The zero-order valence-corrected chi connectivity index (χ0v) is 30.0. The molecule has 0 N–H and O–H groups in total. The molecule has 0 aliphatic rings. The van der Waals surface area contributed by atoms with Crippen LogP contribution in [0, 0.1) is 11.6 Å². The van der Waals surface area contributed by atoms with Crippen molar-refractivity contribution in [3.05, 3.63) is 169 Å². The highest BCUT2D eigenvalue weighted by Crippen LogP contribution is 2.48. The number of alkyl halides is 3. The van der Waals surface area contributed by atoms with E-state index in [9.17, 15) is 0 Å². The van der Waals surface area contributed by atoms with Crippen LogP contribution in [0.4, 0.5) is 22.0 Å². The second-order valence-electron chi connectivity index (χ2n) is 14.6. The molecule has 0 saturated heterocycles. The van der Waals surface area contributed by atoms with E-state index in [1.54, 1.807) is 21.3 Å². The number of rotatable bonds is 3. The van der Waals surface area contributed by atoms with Gasteiger partial charge in [0.1, 0.15) is 34.0 Å². The lowest BCUT2D eigenvalue weighted by atomic mass is 9.98. The van der Waals surface area contributed by atoms with Gasteiger partial charge in [-0.15, -0.1) is 0 Å². The van der Waals surface area contributed by atoms with E-state index >= 15 is 22.0 Å². The fourth-order valence-corrected chi connectivity index (χ4v) is 9.14. The number of halogens is 5. The lowest BCUT2D eigenvalue weighted by molar-refractivity contribution is -0.137. The number of hydrogen-bond acceptors (Lipinski definition) is 2. The third kappa shape index (κ3) is 4.49. The molecule has 4 aromatic heterocycles. The topological polar surface area (TPSA) is 36.1 Å². The van der Waals surface area contributed by atoms with Gasteiger partial charge in [0.15, 0.2) is 0 Å². The fourth-order valence-electron chi connectivity index (χ4n) is 9.14. The molecular weight excluding hydrogens is 744 g/mol. The van der Waals surface area contributed by atoms with Crippen molar-refractivity contribution in [3.8, 4) is 22.5 Å². The smallest absolute Gasteiger partial charge is 0.418 e. The maximum absolute atomic E-state index is 16.1. The van der Waals surface area contributed by atoms with Gasteiger partial charge in [0.05, 0.1) is 49.8 Å². The Hall–Kier alpha value is -7.39. The normalized spacial score (nSPS) is 12.6. The summed E-state index contributed by atoms with van der Waals surface area (Å²) < 4.78 is 94.9. The van der Waals surface area contributed by atoms with Crippen molar-refractivity contribution in [2.45, 2.75) is 6.18 Å². The maximum Gasteiger partial charge on any atom is 0.418 e. The number of fused-ring (bicyclic) bond motifs is 14. The summed E-state index contributed by atoms with van der Waals surface area (Å²) in [6.45, 7) is 0. The first kappa shape index (κ1) is 32.8. The highest BCUT2D eigenvalue weighted by Gasteiger charge is 2.37. The molecule has 4 heterocycles. The molecule has 0 aliphatic heterocycles. The molecule has 12 rings (SSSR count). The summed E-state index contributed by atoms with van der Waals surface area (Å²) in [7, 11) is 0. The van der Waals surface area contributed by atoms with Crippen LogP contribution in [-0.2, 0) is 6.18 Å². The van der Waals surface area contributed by atoms with Crippen LogP contribution in [-0.4, -0.2) is 9.13 Å². The van der Waals surface area contributed by atoms with Crippen molar-refractivity contribution in [1.29, 1.82) is 0 Å². The van der Waals surface area contributed by atoms with Gasteiger partial charge < -0.3 is 18.0 Å². The minimum absolute atomic E-state index is 0.0670. The molecule has 0 atom stereocenters. The lowest BCUT2D eigenvalue weighted by Crippen LogP contribution is -2.13. The van der Waals surface area contributed by atoms with Gasteiger partial charge in [-0.25, -0.2) is 8.78 Å². The molecule has 0 saturated carbocycles. The summed E-state index contributed by atoms with van der Waals surface area (Å²) in [6, 6.07) is 42.8. The molecule has 0 fully saturated rings. The molecule has 8 aromatic carbocycles. The van der Waals surface area contributed by atoms with Gasteiger partial charge in [-0.05, 0) is 78.4 Å². The minimum Gasteiger partial charge on any atom is -0.456 e. The number of furan rings is 2. The Morgan fingerprint density at radius 2 is 0.879 bits per heavy atom. The summed E-state index contributed by atoms with van der Waals surface area (Å²) >= 11 is 0. The largest absolute Gasteiger partial charge is 0.456 e. The average Bonchev–Trinajstić information content (AvgIpc) is 3.97. The molecule has 12 aromatic rings. The number of hydrogen-bond donors (Lipinski definition) is 0. The molecule has 278 valence electrons. The third-order valence-electron chi connectivity index (χ3n) is 11.4. The molecule has 0 bridgehead atoms. The Kier molecular flexibility index (Phi) is 6.55. The molecule has 4 nitrogen and oxygen atoms in total. The van der Waals surface area contributed by atoms with Crippen LogP contribution in [0.2, 0.25) is 0 Å². The van der Waals surface area contributed by atoms with E-state index in [1.165, 1.54) is 6.07 Å². The van der Waals surface area contributed by atoms with Gasteiger partial charge in [-0.1, -0.05) is 72.8 Å². The van der Waals surface area contributed by atoms with Crippen molar-refractivity contribution in [1.82, 2.24) is 9.13 Å². The first-order chi connectivity index (χ1) is 28.2. The van der Waals surface area contributed by atoms with E-state index in [2.05, 4.69) is 0 Å². The van der Waals surface area contributed by atoms with Crippen LogP contribution in [0.1, 0.15) is 5.56 Å². The monoisotopic (exact) mass is 768 g/mol. The Labute approximate surface area is 324 Å². The molecular formula is C49H25F5N2O2. The second-order valence-corrected chi connectivity index (χ2v) is 14.6. The first-order valence-corrected chi connectivity index (χ1v) is 18.6. The van der Waals surface area contributed by atoms with Crippen LogP contribution in [0.3, 0.4) is 0 Å².